The van der Waals surface area contributed by atoms with Crippen LogP contribution < -0.4 is 4.90 Å². The molecule has 0 fully saturated rings. The van der Waals surface area contributed by atoms with Crippen LogP contribution in [0.2, 0.25) is 0 Å². The van der Waals surface area contributed by atoms with E-state index in [4.69, 9.17) is 0 Å². The maximum absolute atomic E-state index is 2.56. The number of anilines is 1. The van der Waals surface area contributed by atoms with E-state index in [2.05, 4.69) is 117 Å². The number of benzene rings is 4. The zero-order valence-electron chi connectivity index (χ0n) is 24.2. The van der Waals surface area contributed by atoms with E-state index in [1.54, 1.807) is 0 Å². The molecule has 0 atom stereocenters. The zero-order chi connectivity index (χ0) is 26.4. The molecular weight excluding hydrogens is 436 g/mol. The van der Waals surface area contributed by atoms with Gasteiger partial charge in [-0.2, -0.15) is 0 Å². The molecule has 2 heteroatoms. The molecule has 0 aliphatic heterocycles. The van der Waals surface area contributed by atoms with Crippen LogP contribution in [0, 0.1) is 69.2 Å². The second-order valence-electron chi connectivity index (χ2n) is 11.2. The normalized spacial score (nSPS) is 11.9. The molecule has 0 saturated heterocycles. The van der Waals surface area contributed by atoms with Crippen LogP contribution in [-0.2, 0) is 0 Å². The van der Waals surface area contributed by atoms with Crippen LogP contribution in [0.25, 0.3) is 38.3 Å². The van der Waals surface area contributed by atoms with Crippen molar-refractivity contribution in [2.75, 3.05) is 19.0 Å². The van der Waals surface area contributed by atoms with Crippen molar-refractivity contribution in [3.05, 3.63) is 79.9 Å². The summed E-state index contributed by atoms with van der Waals surface area (Å²) in [6.07, 6.45) is 0. The quantitative estimate of drug-likeness (QED) is 0.247. The second kappa shape index (κ2) is 8.13. The maximum atomic E-state index is 2.56. The van der Waals surface area contributed by atoms with Gasteiger partial charge < -0.3 is 9.47 Å². The van der Waals surface area contributed by atoms with Crippen molar-refractivity contribution >= 4 is 38.3 Å². The van der Waals surface area contributed by atoms with E-state index in [9.17, 15) is 0 Å². The molecule has 0 aliphatic rings. The SMILES string of the molecule is Cc1c(C)c(C)c2c(c1C)c(C)c(C)c1c2c2c(C)c(C)c(C)c(C)c2n1-c1ccc(N(C)C)cc1. The van der Waals surface area contributed by atoms with Gasteiger partial charge in [0, 0.05) is 36.2 Å². The lowest BCUT2D eigenvalue weighted by atomic mass is 9.84. The van der Waals surface area contributed by atoms with Crippen molar-refractivity contribution in [3.63, 3.8) is 0 Å². The number of hydrogen-bond acceptors (Lipinski definition) is 1. The van der Waals surface area contributed by atoms with Crippen LogP contribution >= 0.6 is 0 Å². The minimum absolute atomic E-state index is 1.22. The van der Waals surface area contributed by atoms with E-state index in [0.29, 0.717) is 0 Å². The lowest BCUT2D eigenvalue weighted by Crippen LogP contribution is -2.08. The second-order valence-corrected chi connectivity index (χ2v) is 11.2. The highest BCUT2D eigenvalue weighted by molar-refractivity contribution is 6.26. The van der Waals surface area contributed by atoms with Gasteiger partial charge in [0.25, 0.3) is 0 Å². The van der Waals surface area contributed by atoms with E-state index in [0.717, 1.165) is 0 Å². The average molecular weight is 477 g/mol. The fraction of sp³-hybridized carbons (Fsp3) is 0.353. The predicted molar refractivity (Wildman–Crippen MR) is 160 cm³/mol. The summed E-state index contributed by atoms with van der Waals surface area (Å²) in [4.78, 5) is 2.17. The molecule has 5 aromatic rings. The molecule has 0 radical (unpaired) electrons. The molecule has 2 nitrogen and oxygen atoms in total. The third kappa shape index (κ3) is 3.03. The monoisotopic (exact) mass is 476 g/mol. The topological polar surface area (TPSA) is 8.17 Å². The fourth-order valence-corrected chi connectivity index (χ4v) is 6.44. The highest BCUT2D eigenvalue weighted by atomic mass is 15.1. The molecular formula is C34H40N2. The van der Waals surface area contributed by atoms with E-state index < -0.39 is 0 Å². The first-order chi connectivity index (χ1) is 16.9. The van der Waals surface area contributed by atoms with Gasteiger partial charge in [0.2, 0.25) is 0 Å². The first-order valence-corrected chi connectivity index (χ1v) is 13.1. The molecule has 1 aromatic heterocycles. The maximum Gasteiger partial charge on any atom is 0.0579 e. The van der Waals surface area contributed by atoms with Gasteiger partial charge in [-0.1, -0.05) is 0 Å². The van der Waals surface area contributed by atoms with Gasteiger partial charge in [0.15, 0.2) is 0 Å². The van der Waals surface area contributed by atoms with Crippen LogP contribution in [0.3, 0.4) is 0 Å². The number of aryl methyl sites for hydroxylation is 6. The van der Waals surface area contributed by atoms with Crippen LogP contribution in [-0.4, -0.2) is 18.7 Å². The third-order valence-electron chi connectivity index (χ3n) is 9.44. The van der Waals surface area contributed by atoms with Crippen molar-refractivity contribution < 1.29 is 0 Å². The Bertz CT molecular complexity index is 1730. The van der Waals surface area contributed by atoms with Gasteiger partial charge in [-0.05, 0) is 160 Å². The molecule has 186 valence electrons. The van der Waals surface area contributed by atoms with Gasteiger partial charge in [0.1, 0.15) is 0 Å². The van der Waals surface area contributed by atoms with Gasteiger partial charge >= 0.3 is 0 Å². The largest absolute Gasteiger partial charge is 0.378 e. The van der Waals surface area contributed by atoms with Crippen LogP contribution in [0.5, 0.6) is 0 Å². The van der Waals surface area contributed by atoms with Gasteiger partial charge in [-0.3, -0.25) is 0 Å². The zero-order valence-corrected chi connectivity index (χ0v) is 24.2. The summed E-state index contributed by atoms with van der Waals surface area (Å²) < 4.78 is 2.56. The minimum atomic E-state index is 1.22. The number of aromatic nitrogens is 1. The van der Waals surface area contributed by atoms with Gasteiger partial charge in [-0.25, -0.2) is 0 Å². The highest BCUT2D eigenvalue weighted by Crippen LogP contribution is 2.47. The number of nitrogens with zero attached hydrogens (tertiary/aromatic N) is 2. The first-order valence-electron chi connectivity index (χ1n) is 13.1. The molecule has 5 rings (SSSR count). The Morgan fingerprint density at radius 3 is 1.33 bits per heavy atom. The Morgan fingerprint density at radius 1 is 0.417 bits per heavy atom. The van der Waals surface area contributed by atoms with Crippen molar-refractivity contribution in [1.29, 1.82) is 0 Å². The van der Waals surface area contributed by atoms with E-state index in [1.807, 2.05) is 0 Å². The number of fused-ring (bicyclic) bond motifs is 5. The summed E-state index contributed by atoms with van der Waals surface area (Å²) >= 11 is 0. The summed E-state index contributed by atoms with van der Waals surface area (Å²) in [5, 5.41) is 5.72. The molecule has 1 heterocycles. The van der Waals surface area contributed by atoms with Crippen molar-refractivity contribution in [3.8, 4) is 5.69 Å². The third-order valence-corrected chi connectivity index (χ3v) is 9.44. The van der Waals surface area contributed by atoms with Crippen molar-refractivity contribution in [2.24, 2.45) is 0 Å². The summed E-state index contributed by atoms with van der Waals surface area (Å²) in [5.74, 6) is 0. The summed E-state index contributed by atoms with van der Waals surface area (Å²) in [7, 11) is 4.20. The van der Waals surface area contributed by atoms with Crippen LogP contribution in [0.15, 0.2) is 24.3 Å². The number of hydrogen-bond donors (Lipinski definition) is 0. The molecule has 0 amide bonds. The Hall–Kier alpha value is -3.26. The predicted octanol–water partition coefficient (Wildman–Crippen LogP) is 9.09. The van der Waals surface area contributed by atoms with E-state index >= 15 is 0 Å². The molecule has 0 N–H and O–H groups in total. The molecule has 36 heavy (non-hydrogen) atoms. The lowest BCUT2D eigenvalue weighted by molar-refractivity contribution is 1.11. The van der Waals surface area contributed by atoms with Gasteiger partial charge in [-0.15, -0.1) is 0 Å². The lowest BCUT2D eigenvalue weighted by Gasteiger charge is -2.20. The summed E-state index contributed by atoms with van der Waals surface area (Å²) in [6.45, 7) is 23.1. The number of rotatable bonds is 2. The van der Waals surface area contributed by atoms with Crippen LogP contribution in [0.1, 0.15) is 55.6 Å². The molecule has 0 saturated carbocycles. The molecule has 0 aliphatic carbocycles. The van der Waals surface area contributed by atoms with Crippen molar-refractivity contribution in [1.82, 2.24) is 4.57 Å². The summed E-state index contributed by atoms with van der Waals surface area (Å²) in [6, 6.07) is 9.05. The summed E-state index contributed by atoms with van der Waals surface area (Å²) in [5.41, 5.74) is 19.2. The first kappa shape index (κ1) is 24.4. The standard InChI is InChI=1S/C34H40N2/c1-17-18(2)22(6)30-29(21(17)5)24(8)26(10)34-32(30)31-23(7)19(3)20(4)25(9)33(31)36(34)28-15-13-27(14-16-28)35(11)12/h13-16H,1-12H3. The van der Waals surface area contributed by atoms with Crippen molar-refractivity contribution in [2.45, 2.75) is 69.2 Å². The average Bonchev–Trinajstić information content (AvgIpc) is 3.21. The minimum Gasteiger partial charge on any atom is -0.378 e. The van der Waals surface area contributed by atoms with E-state index in [1.165, 1.54) is 99.6 Å². The van der Waals surface area contributed by atoms with Gasteiger partial charge in [0.05, 0.1) is 11.0 Å². The molecule has 0 bridgehead atoms. The molecule has 0 unspecified atom stereocenters. The van der Waals surface area contributed by atoms with E-state index in [-0.39, 0.29) is 0 Å². The Labute approximate surface area is 216 Å². The molecule has 0 spiro atoms. The highest BCUT2D eigenvalue weighted by Gasteiger charge is 2.26. The smallest absolute Gasteiger partial charge is 0.0579 e. The van der Waals surface area contributed by atoms with Crippen LogP contribution in [0.4, 0.5) is 5.69 Å². The Kier molecular flexibility index (Phi) is 5.52. The molecule has 4 aromatic carbocycles. The fourth-order valence-electron chi connectivity index (χ4n) is 6.44. The Morgan fingerprint density at radius 2 is 0.806 bits per heavy atom. The Balaban J connectivity index is 2.18.